The highest BCUT2D eigenvalue weighted by Gasteiger charge is 2.16. The number of rotatable bonds is 7. The lowest BCUT2D eigenvalue weighted by Gasteiger charge is -2.23. The molecule has 0 saturated carbocycles. The lowest BCUT2D eigenvalue weighted by Crippen LogP contribution is -3.15. The number of aliphatic hydroxyl groups excluding tert-OH is 3. The smallest absolute Gasteiger partial charge is 0.129 e. The van der Waals surface area contributed by atoms with E-state index in [0.717, 1.165) is 4.90 Å². The van der Waals surface area contributed by atoms with Crippen LogP contribution in [0.3, 0.4) is 0 Å². The van der Waals surface area contributed by atoms with Gasteiger partial charge in [0.15, 0.2) is 0 Å². The highest BCUT2D eigenvalue weighted by molar-refractivity contribution is 6.34. The number of aromatic nitrogens is 1. The summed E-state index contributed by atoms with van der Waals surface area (Å²) in [6.45, 7) is 6.83. The normalized spacial score (nSPS) is 15.7. The van der Waals surface area contributed by atoms with Crippen LogP contribution in [0.4, 0.5) is 0 Å². The van der Waals surface area contributed by atoms with E-state index in [4.69, 9.17) is 38.5 Å². The third kappa shape index (κ3) is 10.7. The second-order valence-electron chi connectivity index (χ2n) is 5.66. The molecule has 7 nitrogen and oxygen atoms in total. The molecule has 24 heavy (non-hydrogen) atoms. The van der Waals surface area contributed by atoms with Crippen molar-refractivity contribution in [3.05, 3.63) is 28.0 Å². The number of carbonyl (C=O) groups excluding carboxylic acids is 1. The molecule has 0 fully saturated rings. The Morgan fingerprint density at radius 2 is 1.50 bits per heavy atom. The minimum atomic E-state index is -1.43. The van der Waals surface area contributed by atoms with Crippen LogP contribution in [0.1, 0.15) is 31.3 Å². The van der Waals surface area contributed by atoms with Crippen LogP contribution in [0.15, 0.2) is 12.1 Å². The summed E-state index contributed by atoms with van der Waals surface area (Å²) in [5.74, 6) is -1.43. The molecule has 138 valence electrons. The van der Waals surface area contributed by atoms with E-state index < -0.39 is 24.3 Å². The SMILES string of the molecule is CC(O)C[NH+](CC(C)O)CC(C)O.O=C([O-])c1nc(Cl)ccc1Cl. The number of nitrogens with one attached hydrogen (secondary N) is 1. The molecule has 3 atom stereocenters. The molecule has 3 unspecified atom stereocenters. The second kappa shape index (κ2) is 11.6. The first-order chi connectivity index (χ1) is 11.0. The van der Waals surface area contributed by atoms with Gasteiger partial charge in [-0.25, -0.2) is 4.98 Å². The monoisotopic (exact) mass is 382 g/mol. The van der Waals surface area contributed by atoms with Crippen molar-refractivity contribution < 1.29 is 30.1 Å². The van der Waals surface area contributed by atoms with Gasteiger partial charge in [-0.2, -0.15) is 0 Å². The molecule has 0 aliphatic rings. The quantitative estimate of drug-likeness (QED) is 0.438. The van der Waals surface area contributed by atoms with Crippen molar-refractivity contribution >= 4 is 29.2 Å². The Kier molecular flexibility index (Phi) is 11.1. The molecule has 0 bridgehead atoms. The van der Waals surface area contributed by atoms with E-state index in [0.29, 0.717) is 19.6 Å². The standard InChI is InChI=1S/C9H21NO3.C6H3Cl2NO2/c1-7(11)4-10(5-8(2)12)6-9(3)13;7-3-1-2-4(8)9-5(3)6(10)11/h7-9,11-13H,4-6H2,1-3H3;1-2H,(H,10,11). The maximum Gasteiger partial charge on any atom is 0.129 e. The molecular formula is C15H24Cl2N2O5. The predicted octanol–water partition coefficient (Wildman–Crippen LogP) is -1.23. The van der Waals surface area contributed by atoms with Crippen LogP contribution in [0, 0.1) is 0 Å². The van der Waals surface area contributed by atoms with Crippen LogP contribution in [-0.2, 0) is 0 Å². The second-order valence-corrected chi connectivity index (χ2v) is 6.46. The van der Waals surface area contributed by atoms with E-state index in [2.05, 4.69) is 4.98 Å². The third-order valence-corrected chi connectivity index (χ3v) is 3.27. The Bertz CT molecular complexity index is 489. The summed E-state index contributed by atoms with van der Waals surface area (Å²) in [6.07, 6.45) is -1.19. The van der Waals surface area contributed by atoms with Crippen molar-refractivity contribution in [1.29, 1.82) is 0 Å². The van der Waals surface area contributed by atoms with Crippen molar-refractivity contribution in [2.75, 3.05) is 19.6 Å². The summed E-state index contributed by atoms with van der Waals surface area (Å²) in [5, 5.41) is 37.9. The molecule has 1 heterocycles. The van der Waals surface area contributed by atoms with Gasteiger partial charge < -0.3 is 30.1 Å². The summed E-state index contributed by atoms with van der Waals surface area (Å²) in [5.41, 5.74) is -0.334. The van der Waals surface area contributed by atoms with Gasteiger partial charge in [-0.05, 0) is 32.9 Å². The molecule has 0 saturated heterocycles. The minimum absolute atomic E-state index is 0.0226. The fraction of sp³-hybridized carbons (Fsp3) is 0.600. The van der Waals surface area contributed by atoms with E-state index in [-0.39, 0.29) is 15.9 Å². The summed E-state index contributed by atoms with van der Waals surface area (Å²) < 4.78 is 0. The van der Waals surface area contributed by atoms with E-state index in [1.54, 1.807) is 20.8 Å². The largest absolute Gasteiger partial charge is 0.543 e. The highest BCUT2D eigenvalue weighted by Crippen LogP contribution is 2.15. The number of aliphatic hydroxyl groups is 3. The molecule has 0 spiro atoms. The first-order valence-corrected chi connectivity index (χ1v) is 8.19. The Hall–Kier alpha value is -0.960. The average Bonchev–Trinajstić information content (AvgIpc) is 2.39. The van der Waals surface area contributed by atoms with E-state index in [1.807, 2.05) is 0 Å². The Balaban J connectivity index is 0.000000446. The molecule has 0 aliphatic carbocycles. The Labute approximate surface area is 151 Å². The number of hydrogen-bond donors (Lipinski definition) is 4. The van der Waals surface area contributed by atoms with Gasteiger partial charge in [-0.15, -0.1) is 0 Å². The summed E-state index contributed by atoms with van der Waals surface area (Å²) >= 11 is 10.8. The van der Waals surface area contributed by atoms with Gasteiger partial charge in [-0.1, -0.05) is 23.2 Å². The fourth-order valence-corrected chi connectivity index (χ4v) is 2.39. The number of nitrogens with zero attached hydrogens (tertiary/aromatic N) is 1. The van der Waals surface area contributed by atoms with Gasteiger partial charge in [0, 0.05) is 0 Å². The molecule has 4 N–H and O–H groups in total. The van der Waals surface area contributed by atoms with Crippen LogP contribution in [-0.4, -0.2) is 64.2 Å². The zero-order chi connectivity index (χ0) is 18.9. The van der Waals surface area contributed by atoms with Crippen molar-refractivity contribution in [3.8, 4) is 0 Å². The number of carbonyl (C=O) groups is 1. The van der Waals surface area contributed by atoms with Gasteiger partial charge in [-0.3, -0.25) is 0 Å². The van der Waals surface area contributed by atoms with Gasteiger partial charge in [0.1, 0.15) is 48.8 Å². The minimum Gasteiger partial charge on any atom is -0.543 e. The molecule has 0 amide bonds. The number of carboxylic acid groups (broad SMARTS) is 1. The first kappa shape index (κ1) is 23.0. The van der Waals surface area contributed by atoms with Crippen molar-refractivity contribution in [1.82, 2.24) is 4.98 Å². The number of quaternary nitrogens is 1. The topological polar surface area (TPSA) is 118 Å². The van der Waals surface area contributed by atoms with Gasteiger partial charge >= 0.3 is 0 Å². The Morgan fingerprint density at radius 1 is 1.08 bits per heavy atom. The van der Waals surface area contributed by atoms with E-state index in [1.165, 1.54) is 12.1 Å². The molecular weight excluding hydrogens is 359 g/mol. The third-order valence-electron chi connectivity index (χ3n) is 2.76. The molecule has 1 aromatic rings. The predicted molar refractivity (Wildman–Crippen MR) is 89.2 cm³/mol. The van der Waals surface area contributed by atoms with Crippen LogP contribution in [0.2, 0.25) is 10.2 Å². The molecule has 0 aliphatic heterocycles. The highest BCUT2D eigenvalue weighted by atomic mass is 35.5. The zero-order valence-corrected chi connectivity index (χ0v) is 15.4. The lowest BCUT2D eigenvalue weighted by molar-refractivity contribution is -0.908. The van der Waals surface area contributed by atoms with Crippen molar-refractivity contribution in [3.63, 3.8) is 0 Å². The number of carboxylic acids is 1. The number of pyridine rings is 1. The summed E-state index contributed by atoms with van der Waals surface area (Å²) in [7, 11) is 0. The number of hydrogen-bond acceptors (Lipinski definition) is 6. The summed E-state index contributed by atoms with van der Waals surface area (Å²) in [4.78, 5) is 14.7. The van der Waals surface area contributed by atoms with E-state index >= 15 is 0 Å². The molecule has 0 radical (unpaired) electrons. The van der Waals surface area contributed by atoms with Crippen LogP contribution in [0.25, 0.3) is 0 Å². The van der Waals surface area contributed by atoms with Crippen LogP contribution < -0.4 is 10.0 Å². The van der Waals surface area contributed by atoms with Crippen LogP contribution in [0.5, 0.6) is 0 Å². The fourth-order valence-electron chi connectivity index (χ4n) is 2.06. The van der Waals surface area contributed by atoms with Crippen LogP contribution >= 0.6 is 23.2 Å². The van der Waals surface area contributed by atoms with Crippen molar-refractivity contribution in [2.45, 2.75) is 39.1 Å². The summed E-state index contributed by atoms with van der Waals surface area (Å²) in [6, 6.07) is 2.75. The first-order valence-electron chi connectivity index (χ1n) is 7.44. The maximum atomic E-state index is 10.3. The lowest BCUT2D eigenvalue weighted by atomic mass is 10.2. The zero-order valence-electron chi connectivity index (χ0n) is 13.9. The molecule has 1 rings (SSSR count). The Morgan fingerprint density at radius 3 is 1.79 bits per heavy atom. The van der Waals surface area contributed by atoms with Crippen molar-refractivity contribution in [2.24, 2.45) is 0 Å². The van der Waals surface area contributed by atoms with Gasteiger partial charge in [0.2, 0.25) is 0 Å². The average molecular weight is 383 g/mol. The maximum absolute atomic E-state index is 10.3. The number of aromatic carboxylic acids is 1. The van der Waals surface area contributed by atoms with Gasteiger partial charge in [0.25, 0.3) is 0 Å². The molecule has 0 aromatic carbocycles. The van der Waals surface area contributed by atoms with Gasteiger partial charge in [0.05, 0.1) is 11.0 Å². The molecule has 9 heteroatoms. The van der Waals surface area contributed by atoms with E-state index in [9.17, 15) is 9.90 Å². The number of halogens is 2. The molecule has 1 aromatic heterocycles.